The molecule has 4 rings (SSSR count). The van der Waals surface area contributed by atoms with E-state index in [1.807, 2.05) is 32.3 Å². The predicted octanol–water partition coefficient (Wildman–Crippen LogP) is 0.537. The summed E-state index contributed by atoms with van der Waals surface area (Å²) >= 11 is 0. The molecule has 2 aromatic heterocycles. The monoisotopic (exact) mass is 373 g/mol. The summed E-state index contributed by atoms with van der Waals surface area (Å²) in [5.41, 5.74) is 1.76. The van der Waals surface area contributed by atoms with E-state index in [0.717, 1.165) is 17.0 Å². The van der Waals surface area contributed by atoms with Gasteiger partial charge in [0.05, 0.1) is 31.1 Å². The summed E-state index contributed by atoms with van der Waals surface area (Å²) in [6.07, 6.45) is 4.65. The van der Waals surface area contributed by atoms with Crippen LogP contribution in [-0.4, -0.2) is 58.4 Å². The van der Waals surface area contributed by atoms with Crippen LogP contribution in [-0.2, 0) is 23.1 Å². The summed E-state index contributed by atoms with van der Waals surface area (Å²) in [7, 11) is 1.84. The van der Waals surface area contributed by atoms with Crippen LogP contribution in [0.4, 0.5) is 4.79 Å². The van der Waals surface area contributed by atoms with Crippen molar-refractivity contribution in [3.8, 4) is 5.75 Å². The number of aromatic nitrogens is 3. The maximum atomic E-state index is 12.2. The zero-order valence-electron chi connectivity index (χ0n) is 15.3. The number of aryl methyl sites for hydroxylation is 2. The summed E-state index contributed by atoms with van der Waals surface area (Å²) < 4.78 is 19.4. The van der Waals surface area contributed by atoms with Crippen molar-refractivity contribution in [3.63, 3.8) is 0 Å². The van der Waals surface area contributed by atoms with Crippen molar-refractivity contribution in [1.29, 1.82) is 0 Å². The molecular formula is C18H23N5O4. The fourth-order valence-electron chi connectivity index (χ4n) is 3.41. The maximum Gasteiger partial charge on any atom is 0.315 e. The molecule has 0 radical (unpaired) electrons. The number of carbonyl (C=O) groups is 1. The van der Waals surface area contributed by atoms with Crippen molar-refractivity contribution in [3.05, 3.63) is 42.0 Å². The summed E-state index contributed by atoms with van der Waals surface area (Å²) in [5.74, 6) is 0.723. The van der Waals surface area contributed by atoms with Gasteiger partial charge in [-0.05, 0) is 19.1 Å². The van der Waals surface area contributed by atoms with Crippen molar-refractivity contribution >= 4 is 6.03 Å². The zero-order chi connectivity index (χ0) is 18.8. The lowest BCUT2D eigenvalue weighted by Crippen LogP contribution is -2.48. The molecule has 0 saturated carbocycles. The topological polar surface area (TPSA) is 99.5 Å². The molecule has 2 aromatic rings. The summed E-state index contributed by atoms with van der Waals surface area (Å²) in [6.45, 7) is 3.12. The molecule has 0 spiro atoms. The number of nitrogens with one attached hydrogen (secondary N) is 2. The highest BCUT2D eigenvalue weighted by molar-refractivity contribution is 5.74. The van der Waals surface area contributed by atoms with E-state index in [4.69, 9.17) is 14.2 Å². The number of rotatable bonds is 5. The van der Waals surface area contributed by atoms with E-state index in [-0.39, 0.29) is 30.4 Å². The molecule has 2 amide bonds. The zero-order valence-corrected chi connectivity index (χ0v) is 15.3. The van der Waals surface area contributed by atoms with Crippen molar-refractivity contribution < 1.29 is 19.0 Å². The van der Waals surface area contributed by atoms with E-state index < -0.39 is 0 Å². The first-order valence-electron chi connectivity index (χ1n) is 8.93. The standard InChI is InChI=1S/C18H23N5O4/c1-11-14(4-3-5-19-11)27-15-10-26-16-13(9-25-17(15)16)22-18(24)20-6-12-7-21-23(2)8-12/h3-5,7-8,13,15-17H,6,9-10H2,1-2H3,(H2,20,22,24)/t13-,15-,16+,17+/m0/s1. The Hall–Kier alpha value is -2.65. The molecular weight excluding hydrogens is 350 g/mol. The average Bonchev–Trinajstić information content (AvgIpc) is 3.34. The SMILES string of the molecule is Cc1ncccc1O[C@H]1CO[C@H]2[C@@H]1OC[C@@H]2NC(=O)NCc1cnn(C)c1. The van der Waals surface area contributed by atoms with Gasteiger partial charge in [0.2, 0.25) is 0 Å². The summed E-state index contributed by atoms with van der Waals surface area (Å²) in [6, 6.07) is 3.24. The van der Waals surface area contributed by atoms with Crippen LogP contribution in [0.3, 0.4) is 0 Å². The molecule has 0 aliphatic carbocycles. The van der Waals surface area contributed by atoms with Crippen LogP contribution in [0.25, 0.3) is 0 Å². The molecule has 2 aliphatic rings. The third-order valence-electron chi connectivity index (χ3n) is 4.77. The highest BCUT2D eigenvalue weighted by Crippen LogP contribution is 2.30. The largest absolute Gasteiger partial charge is 0.483 e. The minimum atomic E-state index is -0.260. The summed E-state index contributed by atoms with van der Waals surface area (Å²) in [5, 5.41) is 9.83. The average molecular weight is 373 g/mol. The first kappa shape index (κ1) is 17.7. The molecule has 144 valence electrons. The van der Waals surface area contributed by atoms with E-state index in [1.165, 1.54) is 0 Å². The van der Waals surface area contributed by atoms with Gasteiger partial charge in [-0.15, -0.1) is 0 Å². The van der Waals surface area contributed by atoms with Gasteiger partial charge in [-0.2, -0.15) is 5.10 Å². The normalized spacial score (nSPS) is 26.6. The second-order valence-electron chi connectivity index (χ2n) is 6.79. The third kappa shape index (κ3) is 3.88. The van der Waals surface area contributed by atoms with Gasteiger partial charge in [-0.3, -0.25) is 9.67 Å². The molecule has 4 atom stereocenters. The van der Waals surface area contributed by atoms with Crippen LogP contribution in [0.1, 0.15) is 11.3 Å². The molecule has 9 heteroatoms. The van der Waals surface area contributed by atoms with Crippen LogP contribution in [0.2, 0.25) is 0 Å². The van der Waals surface area contributed by atoms with Crippen LogP contribution >= 0.6 is 0 Å². The second kappa shape index (κ2) is 7.53. The van der Waals surface area contributed by atoms with E-state index in [2.05, 4.69) is 20.7 Å². The quantitative estimate of drug-likeness (QED) is 0.794. The number of carbonyl (C=O) groups excluding carboxylic acids is 1. The minimum absolute atomic E-state index is 0.215. The van der Waals surface area contributed by atoms with Gasteiger partial charge in [0, 0.05) is 31.5 Å². The molecule has 0 bridgehead atoms. The smallest absolute Gasteiger partial charge is 0.315 e. The van der Waals surface area contributed by atoms with Gasteiger partial charge >= 0.3 is 6.03 Å². The van der Waals surface area contributed by atoms with Gasteiger partial charge in [0.1, 0.15) is 18.0 Å². The molecule has 0 aromatic carbocycles. The lowest BCUT2D eigenvalue weighted by Gasteiger charge is -2.19. The highest BCUT2D eigenvalue weighted by Gasteiger charge is 2.49. The Labute approximate surface area is 157 Å². The van der Waals surface area contributed by atoms with Crippen molar-refractivity contribution in [1.82, 2.24) is 25.4 Å². The van der Waals surface area contributed by atoms with Gasteiger partial charge in [0.15, 0.2) is 6.10 Å². The molecule has 2 aliphatic heterocycles. The minimum Gasteiger partial charge on any atom is -0.483 e. The lowest BCUT2D eigenvalue weighted by molar-refractivity contribution is 0.0299. The Bertz CT molecular complexity index is 811. The Morgan fingerprint density at radius 1 is 1.37 bits per heavy atom. The van der Waals surface area contributed by atoms with Crippen LogP contribution < -0.4 is 15.4 Å². The predicted molar refractivity (Wildman–Crippen MR) is 95.2 cm³/mol. The molecule has 4 heterocycles. The number of hydrogen-bond donors (Lipinski definition) is 2. The van der Waals surface area contributed by atoms with Gasteiger partial charge in [0.25, 0.3) is 0 Å². The number of pyridine rings is 1. The number of ether oxygens (including phenoxy) is 3. The molecule has 9 nitrogen and oxygen atoms in total. The number of hydrogen-bond acceptors (Lipinski definition) is 6. The molecule has 0 unspecified atom stereocenters. The molecule has 2 N–H and O–H groups in total. The van der Waals surface area contributed by atoms with Crippen LogP contribution in [0.15, 0.2) is 30.7 Å². The van der Waals surface area contributed by atoms with Crippen molar-refractivity contribution in [2.75, 3.05) is 13.2 Å². The lowest BCUT2D eigenvalue weighted by atomic mass is 10.1. The fourth-order valence-corrected chi connectivity index (χ4v) is 3.41. The first-order valence-corrected chi connectivity index (χ1v) is 8.93. The second-order valence-corrected chi connectivity index (χ2v) is 6.79. The molecule has 2 saturated heterocycles. The van der Waals surface area contributed by atoms with Gasteiger partial charge in [-0.25, -0.2) is 4.79 Å². The van der Waals surface area contributed by atoms with Crippen molar-refractivity contribution in [2.45, 2.75) is 37.8 Å². The van der Waals surface area contributed by atoms with Crippen LogP contribution in [0, 0.1) is 6.92 Å². The van der Waals surface area contributed by atoms with Gasteiger partial charge in [-0.1, -0.05) is 0 Å². The Kier molecular flexibility index (Phi) is 4.95. The fraction of sp³-hybridized carbons (Fsp3) is 0.500. The van der Waals surface area contributed by atoms with E-state index >= 15 is 0 Å². The van der Waals surface area contributed by atoms with Crippen LogP contribution in [0.5, 0.6) is 5.75 Å². The van der Waals surface area contributed by atoms with E-state index in [1.54, 1.807) is 17.1 Å². The third-order valence-corrected chi connectivity index (χ3v) is 4.77. The summed E-state index contributed by atoms with van der Waals surface area (Å²) in [4.78, 5) is 16.4. The Morgan fingerprint density at radius 2 is 2.22 bits per heavy atom. The Balaban J connectivity index is 1.29. The maximum absolute atomic E-state index is 12.2. The highest BCUT2D eigenvalue weighted by atomic mass is 16.6. The van der Waals surface area contributed by atoms with Gasteiger partial charge < -0.3 is 24.8 Å². The van der Waals surface area contributed by atoms with E-state index in [9.17, 15) is 4.79 Å². The Morgan fingerprint density at radius 3 is 3.00 bits per heavy atom. The number of fused-ring (bicyclic) bond motifs is 1. The number of nitrogens with zero attached hydrogens (tertiary/aromatic N) is 3. The molecule has 27 heavy (non-hydrogen) atoms. The molecule has 2 fully saturated rings. The first-order chi connectivity index (χ1) is 13.1. The number of amides is 2. The number of urea groups is 1. The van der Waals surface area contributed by atoms with E-state index in [0.29, 0.717) is 19.8 Å². The van der Waals surface area contributed by atoms with Crippen molar-refractivity contribution in [2.24, 2.45) is 7.05 Å².